The Morgan fingerprint density at radius 1 is 0.461 bits per heavy atom. The molecule has 6 unspecified atom stereocenters. The third kappa shape index (κ3) is 43.8. The number of hydrogen-bond donors (Lipinski definition) is 4. The fraction of sp³-hybridized carbons (Fsp3) is 0.753. The zero-order valence-electron chi connectivity index (χ0n) is 74.9. The molecule has 0 bridgehead atoms. The number of ether oxygens (including phenoxy) is 5. The van der Waals surface area contributed by atoms with Crippen LogP contribution in [0.15, 0.2) is 51.2 Å². The fourth-order valence-electron chi connectivity index (χ4n) is 10.5. The van der Waals surface area contributed by atoms with Crippen molar-refractivity contribution in [2.24, 2.45) is 0 Å². The van der Waals surface area contributed by atoms with Crippen molar-refractivity contribution in [1.82, 2.24) is 41.0 Å². The number of rotatable bonds is 55. The number of imide groups is 1. The molecule has 3 aromatic heterocycles. The van der Waals surface area contributed by atoms with Crippen LogP contribution in [-0.4, -0.2) is 188 Å². The number of phosphoric ester groups is 6. The van der Waals surface area contributed by atoms with Crippen molar-refractivity contribution < 1.29 is 143 Å². The molecular weight excluding hydrogens is 1820 g/mol. The van der Waals surface area contributed by atoms with Gasteiger partial charge in [-0.3, -0.25) is 77.1 Å². The van der Waals surface area contributed by atoms with E-state index in [0.29, 0.717) is 49.8 Å². The predicted octanol–water partition coefficient (Wildman–Crippen LogP) is 13.4. The molecule has 0 saturated carbocycles. The summed E-state index contributed by atoms with van der Waals surface area (Å²) in [6.45, 7) is 32.4. The molecule has 55 heteroatoms. The van der Waals surface area contributed by atoms with Crippen molar-refractivity contribution in [3.8, 4) is 12.1 Å². The van der Waals surface area contributed by atoms with Gasteiger partial charge in [-0.2, -0.15) is 30.4 Å². The maximum atomic E-state index is 13.8. The van der Waals surface area contributed by atoms with Gasteiger partial charge in [-0.1, -0.05) is 80.1 Å². The second-order valence-electron chi connectivity index (χ2n) is 29.5. The van der Waals surface area contributed by atoms with Gasteiger partial charge in [-0.25, -0.2) is 55.4 Å². The van der Waals surface area contributed by atoms with E-state index in [-0.39, 0.29) is 135 Å². The molecule has 3 aromatic rings. The van der Waals surface area contributed by atoms with Crippen LogP contribution in [0, 0.1) is 35.8 Å². The molecule has 15 atom stereocenters. The molecule has 2 amide bonds. The minimum Gasteiger partial charge on any atom is -0.756 e. The quantitative estimate of drug-likeness (QED) is 0.0232. The summed E-state index contributed by atoms with van der Waals surface area (Å²) in [7, 11) is -26.2. The lowest BCUT2D eigenvalue weighted by atomic mass is 10.2. The van der Waals surface area contributed by atoms with Gasteiger partial charge in [0.05, 0.1) is 104 Å². The highest BCUT2D eigenvalue weighted by Gasteiger charge is 2.48. The Morgan fingerprint density at radius 3 is 1.08 bits per heavy atom. The Hall–Kier alpha value is -6.60. The number of carbonyl (C=O) groups is 2. The highest BCUT2D eigenvalue weighted by molar-refractivity contribution is 7.49. The molecule has 12 N–H and O–H groups in total. The minimum atomic E-state index is -4.72. The van der Waals surface area contributed by atoms with E-state index < -0.39 is 168 Å². The molecule has 0 spiro atoms. The van der Waals surface area contributed by atoms with Gasteiger partial charge in [-0.15, -0.1) is 0 Å². The number of amides is 2. The number of quaternary nitrogens is 2. The van der Waals surface area contributed by atoms with Gasteiger partial charge in [0.25, 0.3) is 15.6 Å². The van der Waals surface area contributed by atoms with E-state index >= 15 is 0 Å². The molecule has 3 aliphatic rings. The molecule has 128 heavy (non-hydrogen) atoms. The predicted molar refractivity (Wildman–Crippen MR) is 457 cm³/mol. The SMILES string of the molecule is CCCCOP(=O)([O-])OC[C@H]1O[C@@H](n2ccc(N)nc2=O)C[C@@H]1OP(=O)([O-])OCCCC.[C-]#[N+]CCOP(=O)(OCCCC)OC[C@H]1O[C@@H](n2ccc(N(C(=O)OC(C)(C)C)C(=O)OC(C)(C)C)nc2=O)C[C@@H]1OP(=O)(OCCC#N)OCCCC.[C-]#[N+]CCOP(=O)(OCCCC)OC[C@H]1O[C@@H](n2ccc(N)nc2=O)C[C@@H]1OP(=O)(OCCC#N)OCCCC.[NH4+].[NH4+]. The van der Waals surface area contributed by atoms with Gasteiger partial charge in [0, 0.05) is 37.9 Å². The van der Waals surface area contributed by atoms with E-state index in [9.17, 15) is 61.1 Å². The lowest BCUT2D eigenvalue weighted by molar-refractivity contribution is -0.234. The summed E-state index contributed by atoms with van der Waals surface area (Å²) in [5, 5.41) is 17.9. The van der Waals surface area contributed by atoms with Crippen LogP contribution in [0.25, 0.3) is 9.69 Å². The Morgan fingerprint density at radius 2 is 0.758 bits per heavy atom. The maximum absolute atomic E-state index is 13.8. The van der Waals surface area contributed by atoms with E-state index in [1.807, 2.05) is 53.7 Å². The number of unbranched alkanes of at least 4 members (excludes halogenated alkanes) is 6. The highest BCUT2D eigenvalue weighted by Crippen LogP contribution is 2.57. The first kappa shape index (κ1) is 117. The van der Waals surface area contributed by atoms with Crippen LogP contribution in [0.5, 0.6) is 0 Å². The monoisotopic (exact) mass is 1940 g/mol. The third-order valence-electron chi connectivity index (χ3n) is 16.7. The number of phosphoric acid groups is 6. The highest BCUT2D eigenvalue weighted by atomic mass is 31.2. The van der Waals surface area contributed by atoms with Crippen LogP contribution in [0.4, 0.5) is 27.0 Å². The van der Waals surface area contributed by atoms with E-state index in [0.717, 1.165) is 41.2 Å². The number of carbonyl (C=O) groups excluding carboxylic acids is 2. The minimum absolute atomic E-state index is 0. The summed E-state index contributed by atoms with van der Waals surface area (Å²) in [6, 6.07) is 7.75. The molecule has 728 valence electrons. The summed E-state index contributed by atoms with van der Waals surface area (Å²) in [5.74, 6) is -0.373. The third-order valence-corrected chi connectivity index (χ3v) is 24.6. The largest absolute Gasteiger partial charge is 0.756 e. The molecule has 3 aliphatic heterocycles. The number of hydrogen-bond acceptors (Lipinski definition) is 41. The van der Waals surface area contributed by atoms with E-state index in [4.69, 9.17) is 131 Å². The van der Waals surface area contributed by atoms with E-state index in [1.165, 1.54) is 41.4 Å². The normalized spacial score (nSPS) is 21.2. The Kier molecular flexibility index (Phi) is 54.2. The second kappa shape index (κ2) is 59.1. The first-order valence-corrected chi connectivity index (χ1v) is 49.7. The molecule has 3 fully saturated rings. The van der Waals surface area contributed by atoms with Gasteiger partial charge >= 0.3 is 60.5 Å². The Balaban J connectivity index is 0.000000668. The van der Waals surface area contributed by atoms with Crippen LogP contribution >= 0.6 is 46.9 Å². The van der Waals surface area contributed by atoms with Gasteiger partial charge < -0.3 is 85.0 Å². The molecule has 49 nitrogen and oxygen atoms in total. The maximum Gasteiger partial charge on any atom is 0.475 e. The smallest absolute Gasteiger partial charge is 0.475 e. The standard InChI is InChI=1S/C33H53N5O14P2.C23H37N5O10P2.C17H31N3O10P2.2H3N/c1-10-12-19-44-53(42,47-22-17-35-9)48-24-26-25(52-54(43,45-20-13-11-2)46-21-14-16-34)23-28(49-26)37-18-15-27(36-29(37)39)38(30(40)50-32(3,4)5)31(41)51-33(6,7)8;1-4-6-13-32-39(30,35-16-11-26-3)36-18-20-19(17-22(37-20)28-12-9-21(25)27-23(28)29)38-40(31,33-14-7-5-2)34-15-8-10-24;1-3-5-9-26-31(22,23)28-12-14-13(30-32(24,25)27-10-6-4-2)11-16(29-14)20-8-7-15(18)19-17(20)21;;/h15,18,25-26,28H,10-14,17,19-24H2,1-8H3;9,12,19-20,22H,4-8,11,13-18H2,1-2H3,(H2,25,27,29);7-8,13-14,16H,3-6,9-12H2,1-2H3,(H,22,23)(H,24,25)(H2,18,19,21);2*1H3/t25-,26+,28+,53?,54?;19-,20+,22+,39?,40?;13-,14+,16+;;/m000../s1. The number of nitrogens with two attached hydrogens (primary N) is 2. The average Bonchev–Trinajstić information content (AvgIpc) is 1.59. The fourth-order valence-corrected chi connectivity index (χ4v) is 17.5. The summed E-state index contributed by atoms with van der Waals surface area (Å²) in [5.41, 5.74) is 6.67. The van der Waals surface area contributed by atoms with Gasteiger partial charge in [0.1, 0.15) is 85.3 Å². The Bertz CT molecular complexity index is 4490. The number of nitrogens with zero attached hydrogens (tertiary/aromatic N) is 11. The number of aromatic nitrogens is 6. The van der Waals surface area contributed by atoms with Crippen LogP contribution < -0.4 is 55.5 Å². The van der Waals surface area contributed by atoms with E-state index in [1.54, 1.807) is 41.5 Å². The summed E-state index contributed by atoms with van der Waals surface area (Å²) in [6.07, 6.45) is -1.03. The van der Waals surface area contributed by atoms with Gasteiger partial charge in [0.15, 0.2) is 5.82 Å². The molecule has 6 rings (SSSR count). The van der Waals surface area contributed by atoms with Crippen molar-refractivity contribution in [2.75, 3.05) is 115 Å². The summed E-state index contributed by atoms with van der Waals surface area (Å²) >= 11 is 0. The molecule has 0 radical (unpaired) electrons. The first-order chi connectivity index (χ1) is 59.5. The lowest BCUT2D eigenvalue weighted by Crippen LogP contribution is -2.45. The molecular formula is C73H127N15O34P6. The summed E-state index contributed by atoms with van der Waals surface area (Å²) < 4.78 is 196. The van der Waals surface area contributed by atoms with Crippen molar-refractivity contribution in [2.45, 2.75) is 259 Å². The van der Waals surface area contributed by atoms with Crippen molar-refractivity contribution in [3.05, 3.63) is 91.1 Å². The average molecular weight is 1940 g/mol. The van der Waals surface area contributed by atoms with Crippen LogP contribution in [-0.2, 0) is 123 Å². The number of nitriles is 2. The summed E-state index contributed by atoms with van der Waals surface area (Å²) in [4.78, 5) is 107. The number of anilines is 3. The van der Waals surface area contributed by atoms with Crippen molar-refractivity contribution in [1.29, 1.82) is 10.5 Å². The second-order valence-corrected chi connectivity index (χ2v) is 38.8. The Labute approximate surface area is 745 Å². The topological polar surface area (TPSA) is 666 Å². The first-order valence-electron chi connectivity index (χ1n) is 40.9. The van der Waals surface area contributed by atoms with Gasteiger partial charge in [0.2, 0.25) is 13.1 Å². The van der Waals surface area contributed by atoms with Gasteiger partial charge in [-0.05, 0) is 98.3 Å². The van der Waals surface area contributed by atoms with Crippen LogP contribution in [0.1, 0.15) is 211 Å². The van der Waals surface area contributed by atoms with Crippen LogP contribution in [0.2, 0.25) is 0 Å². The molecule has 0 aromatic carbocycles. The van der Waals surface area contributed by atoms with E-state index in [2.05, 4.69) is 24.6 Å². The van der Waals surface area contributed by atoms with Crippen molar-refractivity contribution >= 4 is 76.6 Å². The van der Waals surface area contributed by atoms with Crippen LogP contribution in [0.3, 0.4) is 0 Å². The van der Waals surface area contributed by atoms with Crippen molar-refractivity contribution in [3.63, 3.8) is 0 Å². The molecule has 6 heterocycles. The lowest BCUT2D eigenvalue weighted by Gasteiger charge is -2.29. The zero-order valence-corrected chi connectivity index (χ0v) is 80.3. The zero-order chi connectivity index (χ0) is 93.8. The molecule has 3 saturated heterocycles. The molecule has 0 aliphatic carbocycles. The number of nitrogen functional groups attached to an aromatic ring is 2.